The SMILES string of the molecule is Cc1nnn(C2CCN(C(=O)OC(C)(C)C)CC2)c1Br. The van der Waals surface area contributed by atoms with E-state index in [0.717, 1.165) is 23.1 Å². The molecular weight excluding hydrogens is 324 g/mol. The van der Waals surface area contributed by atoms with E-state index in [0.29, 0.717) is 13.1 Å². The molecule has 7 heteroatoms. The number of rotatable bonds is 1. The second-order valence-electron chi connectivity index (χ2n) is 6.11. The molecule has 0 atom stereocenters. The van der Waals surface area contributed by atoms with E-state index in [2.05, 4.69) is 26.2 Å². The predicted molar refractivity (Wildman–Crippen MR) is 78.5 cm³/mol. The lowest BCUT2D eigenvalue weighted by Gasteiger charge is -2.33. The van der Waals surface area contributed by atoms with Crippen LogP contribution in [0, 0.1) is 6.92 Å². The Morgan fingerprint density at radius 2 is 1.95 bits per heavy atom. The van der Waals surface area contributed by atoms with Gasteiger partial charge in [-0.15, -0.1) is 5.10 Å². The van der Waals surface area contributed by atoms with Gasteiger partial charge in [0.05, 0.1) is 11.7 Å². The van der Waals surface area contributed by atoms with Crippen molar-refractivity contribution in [3.8, 4) is 0 Å². The number of amides is 1. The summed E-state index contributed by atoms with van der Waals surface area (Å²) in [6.45, 7) is 8.94. The summed E-state index contributed by atoms with van der Waals surface area (Å²) < 4.78 is 8.22. The van der Waals surface area contributed by atoms with E-state index < -0.39 is 5.60 Å². The summed E-state index contributed by atoms with van der Waals surface area (Å²) in [6, 6.07) is 0.282. The third-order valence-electron chi connectivity index (χ3n) is 3.25. The number of halogens is 1. The molecular formula is C13H21BrN4O2. The van der Waals surface area contributed by atoms with Crippen LogP contribution in [0.4, 0.5) is 4.79 Å². The highest BCUT2D eigenvalue weighted by Gasteiger charge is 2.28. The molecule has 2 rings (SSSR count). The van der Waals surface area contributed by atoms with Crippen LogP contribution < -0.4 is 0 Å². The maximum Gasteiger partial charge on any atom is 0.410 e. The molecule has 0 aromatic carbocycles. The molecule has 1 aromatic rings. The second-order valence-corrected chi connectivity index (χ2v) is 6.86. The smallest absolute Gasteiger partial charge is 0.410 e. The van der Waals surface area contributed by atoms with E-state index in [-0.39, 0.29) is 12.1 Å². The van der Waals surface area contributed by atoms with Gasteiger partial charge >= 0.3 is 6.09 Å². The van der Waals surface area contributed by atoms with Gasteiger partial charge in [0.25, 0.3) is 0 Å². The van der Waals surface area contributed by atoms with Crippen molar-refractivity contribution < 1.29 is 9.53 Å². The van der Waals surface area contributed by atoms with Crippen molar-refractivity contribution in [2.75, 3.05) is 13.1 Å². The van der Waals surface area contributed by atoms with E-state index in [4.69, 9.17) is 4.74 Å². The van der Waals surface area contributed by atoms with Gasteiger partial charge < -0.3 is 9.64 Å². The molecule has 1 aromatic heterocycles. The third kappa shape index (κ3) is 3.50. The summed E-state index contributed by atoms with van der Waals surface area (Å²) in [6.07, 6.45) is 1.49. The number of nitrogens with zero attached hydrogens (tertiary/aromatic N) is 4. The summed E-state index contributed by atoms with van der Waals surface area (Å²) >= 11 is 3.50. The minimum absolute atomic E-state index is 0.232. The predicted octanol–water partition coefficient (Wildman–Crippen LogP) is 2.92. The summed E-state index contributed by atoms with van der Waals surface area (Å²) in [5.41, 5.74) is 0.444. The number of hydrogen-bond donors (Lipinski definition) is 0. The minimum Gasteiger partial charge on any atom is -0.444 e. The van der Waals surface area contributed by atoms with Crippen molar-refractivity contribution >= 4 is 22.0 Å². The van der Waals surface area contributed by atoms with Crippen LogP contribution in [0.25, 0.3) is 0 Å². The Morgan fingerprint density at radius 3 is 2.40 bits per heavy atom. The third-order valence-corrected chi connectivity index (χ3v) is 4.19. The maximum atomic E-state index is 12.0. The summed E-state index contributed by atoms with van der Waals surface area (Å²) in [5, 5.41) is 8.21. The standard InChI is InChI=1S/C13H21BrN4O2/c1-9-11(14)18(16-15-9)10-5-7-17(8-6-10)12(19)20-13(2,3)4/h10H,5-8H2,1-4H3. The van der Waals surface area contributed by atoms with Gasteiger partial charge in [0.15, 0.2) is 0 Å². The van der Waals surface area contributed by atoms with Gasteiger partial charge in [0.1, 0.15) is 10.2 Å². The van der Waals surface area contributed by atoms with Crippen LogP contribution in [0.5, 0.6) is 0 Å². The first kappa shape index (κ1) is 15.3. The second kappa shape index (κ2) is 5.71. The molecule has 0 unspecified atom stereocenters. The number of aryl methyl sites for hydroxylation is 1. The first-order valence-electron chi connectivity index (χ1n) is 6.83. The topological polar surface area (TPSA) is 60.2 Å². The van der Waals surface area contributed by atoms with Crippen molar-refractivity contribution in [2.45, 2.75) is 52.2 Å². The fraction of sp³-hybridized carbons (Fsp3) is 0.769. The summed E-state index contributed by atoms with van der Waals surface area (Å²) in [5.74, 6) is 0. The number of likely N-dealkylation sites (tertiary alicyclic amines) is 1. The molecule has 0 spiro atoms. The van der Waals surface area contributed by atoms with Gasteiger partial charge in [-0.3, -0.25) is 0 Å². The normalized spacial score (nSPS) is 17.4. The Labute approximate surface area is 127 Å². The quantitative estimate of drug-likeness (QED) is 0.785. The zero-order valence-electron chi connectivity index (χ0n) is 12.4. The number of carbonyl (C=O) groups is 1. The molecule has 6 nitrogen and oxygen atoms in total. The number of piperidine rings is 1. The Hall–Kier alpha value is -1.11. The lowest BCUT2D eigenvalue weighted by Crippen LogP contribution is -2.42. The average molecular weight is 345 g/mol. The van der Waals surface area contributed by atoms with Gasteiger partial charge in [-0.2, -0.15) is 0 Å². The summed E-state index contributed by atoms with van der Waals surface area (Å²) in [7, 11) is 0. The van der Waals surface area contributed by atoms with Crippen LogP contribution in [0.2, 0.25) is 0 Å². The highest BCUT2D eigenvalue weighted by atomic mass is 79.9. The van der Waals surface area contributed by atoms with Crippen LogP contribution in [0.3, 0.4) is 0 Å². The maximum absolute atomic E-state index is 12.0. The van der Waals surface area contributed by atoms with Crippen LogP contribution in [0.15, 0.2) is 4.60 Å². The molecule has 1 saturated heterocycles. The van der Waals surface area contributed by atoms with E-state index in [1.807, 2.05) is 32.4 Å². The molecule has 0 saturated carbocycles. The van der Waals surface area contributed by atoms with E-state index in [1.165, 1.54) is 0 Å². The molecule has 2 heterocycles. The largest absolute Gasteiger partial charge is 0.444 e. The van der Waals surface area contributed by atoms with E-state index in [9.17, 15) is 4.79 Å². The van der Waals surface area contributed by atoms with Gasteiger partial charge in [-0.25, -0.2) is 9.48 Å². The molecule has 0 aliphatic carbocycles. The van der Waals surface area contributed by atoms with Crippen LogP contribution in [-0.4, -0.2) is 44.7 Å². The van der Waals surface area contributed by atoms with Gasteiger partial charge in [0, 0.05) is 13.1 Å². The Morgan fingerprint density at radius 1 is 1.35 bits per heavy atom. The molecule has 1 amide bonds. The van der Waals surface area contributed by atoms with Crippen molar-refractivity contribution in [3.05, 3.63) is 10.3 Å². The van der Waals surface area contributed by atoms with Gasteiger partial charge in [-0.05, 0) is 56.5 Å². The average Bonchev–Trinajstić information content (AvgIpc) is 2.68. The van der Waals surface area contributed by atoms with Crippen molar-refractivity contribution in [2.24, 2.45) is 0 Å². The molecule has 0 N–H and O–H groups in total. The Balaban J connectivity index is 1.93. The molecule has 0 bridgehead atoms. The fourth-order valence-corrected chi connectivity index (χ4v) is 2.65. The minimum atomic E-state index is -0.444. The van der Waals surface area contributed by atoms with Crippen LogP contribution in [-0.2, 0) is 4.74 Å². The molecule has 0 radical (unpaired) electrons. The number of hydrogen-bond acceptors (Lipinski definition) is 4. The van der Waals surface area contributed by atoms with Gasteiger partial charge in [0.2, 0.25) is 0 Å². The zero-order valence-corrected chi connectivity index (χ0v) is 14.0. The Kier molecular flexibility index (Phi) is 4.36. The monoisotopic (exact) mass is 344 g/mol. The molecule has 20 heavy (non-hydrogen) atoms. The van der Waals surface area contributed by atoms with Crippen molar-refractivity contribution in [3.63, 3.8) is 0 Å². The molecule has 1 fully saturated rings. The lowest BCUT2D eigenvalue weighted by atomic mass is 10.1. The van der Waals surface area contributed by atoms with Crippen molar-refractivity contribution in [1.29, 1.82) is 0 Å². The van der Waals surface area contributed by atoms with E-state index >= 15 is 0 Å². The number of ether oxygens (including phenoxy) is 1. The van der Waals surface area contributed by atoms with Crippen molar-refractivity contribution in [1.82, 2.24) is 19.9 Å². The molecule has 1 aliphatic heterocycles. The molecule has 1 aliphatic rings. The van der Waals surface area contributed by atoms with Gasteiger partial charge in [-0.1, -0.05) is 5.21 Å². The highest BCUT2D eigenvalue weighted by Crippen LogP contribution is 2.27. The fourth-order valence-electron chi connectivity index (χ4n) is 2.21. The first-order chi connectivity index (χ1) is 9.28. The molecule has 112 valence electrons. The summed E-state index contributed by atoms with van der Waals surface area (Å²) in [4.78, 5) is 13.8. The zero-order chi connectivity index (χ0) is 14.9. The lowest BCUT2D eigenvalue weighted by molar-refractivity contribution is 0.0183. The number of aromatic nitrogens is 3. The van der Waals surface area contributed by atoms with E-state index in [1.54, 1.807) is 4.90 Å². The Bertz CT molecular complexity index is 487. The highest BCUT2D eigenvalue weighted by molar-refractivity contribution is 9.10. The number of carbonyl (C=O) groups excluding carboxylic acids is 1. The van der Waals surface area contributed by atoms with Crippen LogP contribution in [0.1, 0.15) is 45.3 Å². The van der Waals surface area contributed by atoms with Crippen LogP contribution >= 0.6 is 15.9 Å². The first-order valence-corrected chi connectivity index (χ1v) is 7.62.